The fraction of sp³-hybridized carbons (Fsp3) is 0.429. The molecule has 0 radical (unpaired) electrons. The molecule has 0 aromatic heterocycles. The van der Waals surface area contributed by atoms with Crippen molar-refractivity contribution in [1.82, 2.24) is 5.06 Å². The first-order valence-electron chi connectivity index (χ1n) is 9.30. The summed E-state index contributed by atoms with van der Waals surface area (Å²) in [6.45, 7) is 3.14. The largest absolute Gasteiger partial charge is 0.313 e. The second kappa shape index (κ2) is 5.65. The van der Waals surface area contributed by atoms with Gasteiger partial charge in [-0.25, -0.2) is 0 Å². The van der Waals surface area contributed by atoms with E-state index in [1.807, 2.05) is 6.92 Å². The number of rotatable bonds is 5. The van der Waals surface area contributed by atoms with Gasteiger partial charge in [0.25, 0.3) is 0 Å². The van der Waals surface area contributed by atoms with E-state index in [4.69, 9.17) is 4.28 Å². The molecule has 4 fully saturated rings. The third-order valence-electron chi connectivity index (χ3n) is 6.39. The molecule has 4 aliphatic rings. The highest BCUT2D eigenvalue weighted by atomic mass is 32.2. The van der Waals surface area contributed by atoms with Gasteiger partial charge in [-0.3, -0.25) is 0 Å². The third kappa shape index (κ3) is 2.61. The van der Waals surface area contributed by atoms with Crippen molar-refractivity contribution in [1.29, 1.82) is 0 Å². The summed E-state index contributed by atoms with van der Waals surface area (Å²) in [6.07, 6.45) is 4.11. The molecule has 0 unspecified atom stereocenters. The molecule has 0 N–H and O–H groups in total. The maximum absolute atomic E-state index is 12.3. The zero-order valence-electron chi connectivity index (χ0n) is 14.9. The Hall–Kier alpha value is -1.69. The Bertz CT molecular complexity index is 911. The summed E-state index contributed by atoms with van der Waals surface area (Å²) in [6, 6.07) is 15.7. The molecule has 3 saturated carbocycles. The highest BCUT2D eigenvalue weighted by Crippen LogP contribution is 2.65. The predicted molar refractivity (Wildman–Crippen MR) is 99.2 cm³/mol. The Morgan fingerprint density at radius 1 is 0.962 bits per heavy atom. The van der Waals surface area contributed by atoms with Crippen LogP contribution in [0.3, 0.4) is 0 Å². The minimum Gasteiger partial charge on any atom is -0.192 e. The van der Waals surface area contributed by atoms with Gasteiger partial charge in [-0.2, -0.15) is 17.8 Å². The van der Waals surface area contributed by atoms with Gasteiger partial charge in [0, 0.05) is 19.0 Å². The van der Waals surface area contributed by atoms with Crippen molar-refractivity contribution in [3.63, 3.8) is 0 Å². The van der Waals surface area contributed by atoms with E-state index in [1.54, 1.807) is 24.3 Å². The van der Waals surface area contributed by atoms with Crippen LogP contribution in [0.15, 0.2) is 53.4 Å². The van der Waals surface area contributed by atoms with Crippen molar-refractivity contribution in [3.8, 4) is 0 Å². The van der Waals surface area contributed by atoms with Gasteiger partial charge in [-0.1, -0.05) is 42.0 Å². The zero-order valence-corrected chi connectivity index (χ0v) is 15.7. The van der Waals surface area contributed by atoms with E-state index in [0.717, 1.165) is 11.5 Å². The van der Waals surface area contributed by atoms with Gasteiger partial charge in [0.2, 0.25) is 0 Å². The van der Waals surface area contributed by atoms with Crippen LogP contribution in [0, 0.1) is 12.8 Å². The van der Waals surface area contributed by atoms with Gasteiger partial charge >= 0.3 is 10.1 Å². The highest BCUT2D eigenvalue weighted by molar-refractivity contribution is 7.86. The Labute approximate surface area is 154 Å². The Morgan fingerprint density at radius 3 is 2.12 bits per heavy atom. The monoisotopic (exact) mass is 369 g/mol. The molecule has 26 heavy (non-hydrogen) atoms. The van der Waals surface area contributed by atoms with Gasteiger partial charge < -0.3 is 0 Å². The lowest BCUT2D eigenvalue weighted by Crippen LogP contribution is -2.55. The average Bonchev–Trinajstić information content (AvgIpc) is 2.49. The number of benzene rings is 2. The number of hydrogen-bond donors (Lipinski definition) is 0. The smallest absolute Gasteiger partial charge is 0.192 e. The van der Waals surface area contributed by atoms with Gasteiger partial charge in [0.05, 0.1) is 4.90 Å². The zero-order chi connectivity index (χ0) is 17.9. The summed E-state index contributed by atoms with van der Waals surface area (Å²) in [4.78, 5) is 0.203. The first-order valence-corrected chi connectivity index (χ1v) is 10.7. The molecule has 0 atom stereocenters. The summed E-state index contributed by atoms with van der Waals surface area (Å²) in [7, 11) is -3.73. The Kier molecular flexibility index (Phi) is 3.58. The lowest BCUT2D eigenvalue weighted by atomic mass is 9.42. The molecule has 2 aromatic rings. The number of aryl methyl sites for hydroxylation is 1. The molecule has 1 aliphatic heterocycles. The lowest BCUT2D eigenvalue weighted by Gasteiger charge is -2.62. The van der Waals surface area contributed by atoms with Crippen LogP contribution in [0.25, 0.3) is 0 Å². The molecule has 4 nitrogen and oxygen atoms in total. The lowest BCUT2D eigenvalue weighted by molar-refractivity contribution is -0.114. The van der Waals surface area contributed by atoms with Crippen LogP contribution in [0.4, 0.5) is 0 Å². The molecule has 0 spiro atoms. The van der Waals surface area contributed by atoms with E-state index in [-0.39, 0.29) is 4.90 Å². The molecule has 0 amide bonds. The van der Waals surface area contributed by atoms with E-state index in [2.05, 4.69) is 24.3 Å². The molecule has 2 bridgehead atoms. The first kappa shape index (κ1) is 16.5. The van der Waals surface area contributed by atoms with Gasteiger partial charge in [0.15, 0.2) is 0 Å². The molecule has 3 aliphatic carbocycles. The third-order valence-corrected chi connectivity index (χ3v) is 7.65. The Morgan fingerprint density at radius 2 is 1.58 bits per heavy atom. The van der Waals surface area contributed by atoms with Crippen LogP contribution < -0.4 is 0 Å². The maximum Gasteiger partial charge on any atom is 0.313 e. The van der Waals surface area contributed by atoms with E-state index >= 15 is 0 Å². The molecule has 1 saturated heterocycles. The second-order valence-electron chi connectivity index (χ2n) is 8.27. The summed E-state index contributed by atoms with van der Waals surface area (Å²) >= 11 is 0. The molecule has 5 heteroatoms. The Balaban J connectivity index is 1.20. The summed E-state index contributed by atoms with van der Waals surface area (Å²) in [5.41, 5.74) is 4.28. The highest BCUT2D eigenvalue weighted by Gasteiger charge is 2.57. The van der Waals surface area contributed by atoms with Crippen molar-refractivity contribution >= 4 is 10.1 Å². The predicted octanol–water partition coefficient (Wildman–Crippen LogP) is 3.77. The van der Waals surface area contributed by atoms with E-state index in [9.17, 15) is 8.42 Å². The van der Waals surface area contributed by atoms with Crippen LogP contribution in [0.1, 0.15) is 41.9 Å². The SMILES string of the molecule is Cc1ccc(S(=O)(=O)ON2CC(c3ccc(C45CC(C4)C5)cc3)C2)cc1. The first-order chi connectivity index (χ1) is 12.4. The van der Waals surface area contributed by atoms with E-state index in [1.165, 1.54) is 35.5 Å². The summed E-state index contributed by atoms with van der Waals surface area (Å²) in [5.74, 6) is 1.33. The van der Waals surface area contributed by atoms with Crippen molar-refractivity contribution in [2.24, 2.45) is 5.92 Å². The molecule has 136 valence electrons. The van der Waals surface area contributed by atoms with Crippen LogP contribution in [0.2, 0.25) is 0 Å². The van der Waals surface area contributed by atoms with E-state index < -0.39 is 10.1 Å². The average molecular weight is 369 g/mol. The summed E-state index contributed by atoms with van der Waals surface area (Å²) < 4.78 is 29.9. The minimum atomic E-state index is -3.73. The van der Waals surface area contributed by atoms with Crippen molar-refractivity contribution in [3.05, 3.63) is 65.2 Å². The van der Waals surface area contributed by atoms with Crippen molar-refractivity contribution in [2.45, 2.75) is 42.4 Å². The fourth-order valence-electron chi connectivity index (χ4n) is 4.54. The number of hydrogen-bond acceptors (Lipinski definition) is 4. The minimum absolute atomic E-state index is 0.203. The molecular formula is C21H23NO3S. The quantitative estimate of drug-likeness (QED) is 0.805. The molecule has 6 rings (SSSR count). The second-order valence-corrected chi connectivity index (χ2v) is 9.80. The molecule has 2 aromatic carbocycles. The maximum atomic E-state index is 12.3. The topological polar surface area (TPSA) is 46.6 Å². The van der Waals surface area contributed by atoms with Crippen LogP contribution >= 0.6 is 0 Å². The molecule has 1 heterocycles. The van der Waals surface area contributed by atoms with Crippen LogP contribution in [-0.2, 0) is 19.8 Å². The standard InChI is InChI=1S/C21H23NO3S/c1-15-2-8-20(9-3-15)26(23,24)25-22-13-18(14-22)17-4-6-19(7-5-17)21-10-16(11-21)12-21/h2-9,16,18H,10-14H2,1H3. The van der Waals surface area contributed by atoms with Crippen molar-refractivity contribution < 1.29 is 12.7 Å². The van der Waals surface area contributed by atoms with Gasteiger partial charge in [-0.05, 0) is 60.8 Å². The summed E-state index contributed by atoms with van der Waals surface area (Å²) in [5, 5.41) is 1.54. The van der Waals surface area contributed by atoms with Crippen molar-refractivity contribution in [2.75, 3.05) is 13.1 Å². The number of nitrogens with zero attached hydrogens (tertiary/aromatic N) is 1. The number of hydroxylamine groups is 2. The normalized spacial score (nSPS) is 28.1. The van der Waals surface area contributed by atoms with Crippen LogP contribution in [0.5, 0.6) is 0 Å². The van der Waals surface area contributed by atoms with Crippen LogP contribution in [-0.4, -0.2) is 26.6 Å². The molecular weight excluding hydrogens is 346 g/mol. The van der Waals surface area contributed by atoms with Gasteiger partial charge in [0.1, 0.15) is 0 Å². The van der Waals surface area contributed by atoms with E-state index in [0.29, 0.717) is 24.4 Å². The van der Waals surface area contributed by atoms with Gasteiger partial charge in [-0.15, -0.1) is 0 Å². The fourth-order valence-corrected chi connectivity index (χ4v) is 5.49.